The average molecular weight is 1050 g/mol. The van der Waals surface area contributed by atoms with Gasteiger partial charge in [-0.3, -0.25) is 0 Å². The Hall–Kier alpha value is 4.99. The summed E-state index contributed by atoms with van der Waals surface area (Å²) in [5, 5.41) is 0. The molecule has 0 unspecified atom stereocenters. The first-order valence-electron chi connectivity index (χ1n) is 18.4. The zero-order valence-corrected chi connectivity index (χ0v) is 47.5. The molecule has 12 heteroatoms. The van der Waals surface area contributed by atoms with Gasteiger partial charge in [-0.25, -0.2) is 0 Å². The second-order valence-corrected chi connectivity index (χ2v) is 29.2. The normalized spacial score (nSPS) is 9.00. The van der Waals surface area contributed by atoms with Crippen LogP contribution in [0.2, 0.25) is 0 Å². The number of hydrogen-bond donors (Lipinski definition) is 0. The molecule has 0 atom stereocenters. The molecule has 0 heterocycles. The van der Waals surface area contributed by atoms with E-state index in [2.05, 4.69) is 125 Å². The molecule has 0 nitrogen and oxygen atoms in total. The van der Waals surface area contributed by atoms with Crippen molar-refractivity contribution >= 4 is 47.5 Å². The molecule has 48 heavy (non-hydrogen) atoms. The fraction of sp³-hybridized carbons (Fsp3) is 1.00. The summed E-state index contributed by atoms with van der Waals surface area (Å²) in [6.45, 7) is 41.2. The van der Waals surface area contributed by atoms with Crippen molar-refractivity contribution in [2.75, 3.05) is 111 Å². The zero-order chi connectivity index (χ0) is 34.2. The van der Waals surface area contributed by atoms with Crippen LogP contribution in [0.25, 0.3) is 0 Å². The van der Waals surface area contributed by atoms with Crippen LogP contribution in [0.3, 0.4) is 0 Å². The Morgan fingerprint density at radius 3 is 0.208 bits per heavy atom. The van der Waals surface area contributed by atoms with E-state index in [1.165, 1.54) is 111 Å². The van der Waals surface area contributed by atoms with Gasteiger partial charge in [0.25, 0.3) is 0 Å². The average Bonchev–Trinajstić information content (AvgIpc) is 3.04. The largest absolute Gasteiger partial charge is 2.00 e. The van der Waals surface area contributed by atoms with Crippen molar-refractivity contribution in [2.24, 2.45) is 0 Å². The van der Waals surface area contributed by atoms with Gasteiger partial charge < -0.3 is 49.6 Å². The van der Waals surface area contributed by atoms with E-state index in [9.17, 15) is 0 Å². The second kappa shape index (κ2) is 80.4. The summed E-state index contributed by atoms with van der Waals surface area (Å²) in [6, 6.07) is 0. The minimum Gasteiger partial charge on any atom is -1.00 e. The molecule has 0 fully saturated rings. The molecule has 0 N–H and O–H groups in total. The van der Waals surface area contributed by atoms with E-state index < -0.39 is 0 Å². The van der Waals surface area contributed by atoms with Gasteiger partial charge in [-0.1, -0.05) is 125 Å². The van der Waals surface area contributed by atoms with Crippen LogP contribution in [0.1, 0.15) is 125 Å². The Morgan fingerprint density at radius 1 is 0.167 bits per heavy atom. The van der Waals surface area contributed by atoms with Crippen LogP contribution in [0.5, 0.6) is 0 Å². The van der Waals surface area contributed by atoms with Gasteiger partial charge >= 0.3 is 39.0 Å². The molecule has 0 spiro atoms. The van der Waals surface area contributed by atoms with E-state index in [1.807, 2.05) is 0 Å². The number of hydrogen-bond acceptors (Lipinski definition) is 0. The van der Waals surface area contributed by atoms with Crippen LogP contribution < -0.4 is 49.6 Å². The molecule has 0 amide bonds. The predicted octanol–water partition coefficient (Wildman–Crippen LogP) is 3.18. The Balaban J connectivity index is -0.0000000316. The van der Waals surface area contributed by atoms with Gasteiger partial charge in [-0.15, -0.1) is 47.5 Å². The third-order valence-corrected chi connectivity index (χ3v) is 24.1. The first-order chi connectivity index (χ1) is 20.1. The van der Waals surface area contributed by atoms with Gasteiger partial charge in [-0.05, 0) is 111 Å². The molecule has 0 aromatic heterocycles. The van der Waals surface area contributed by atoms with Crippen LogP contribution in [-0.4, -0.2) is 111 Å². The first-order valence-corrected chi connectivity index (χ1v) is 29.8. The second-order valence-electron chi connectivity index (χ2n) is 9.72. The SMILES string of the molecule is CCP(CC)CC.CCP(CC)CC.CCP(CC)CC.CCP(CC)CC.CCP(CC)CC.CCP(CC)CC.[Cl-].[Cl-].[Cl-].[Cl-].[Ru+2].[Ru+2]. The molecular weight excluding hydrogens is 962 g/mol. The van der Waals surface area contributed by atoms with Gasteiger partial charge in [0, 0.05) is 0 Å². The fourth-order valence-electron chi connectivity index (χ4n) is 4.02. The van der Waals surface area contributed by atoms with Crippen molar-refractivity contribution < 1.29 is 88.6 Å². The molecule has 0 aromatic carbocycles. The van der Waals surface area contributed by atoms with E-state index >= 15 is 0 Å². The summed E-state index contributed by atoms with van der Waals surface area (Å²) in [6.07, 6.45) is 25.5. The van der Waals surface area contributed by atoms with Crippen LogP contribution >= 0.6 is 47.5 Å². The Kier molecular flexibility index (Phi) is 143. The third-order valence-electron chi connectivity index (χ3n) is 8.05. The predicted molar refractivity (Wildman–Crippen MR) is 231 cm³/mol. The first kappa shape index (κ1) is 85.2. The van der Waals surface area contributed by atoms with Crippen LogP contribution in [0.4, 0.5) is 0 Å². The summed E-state index contributed by atoms with van der Waals surface area (Å²) in [5.74, 6) is 0. The van der Waals surface area contributed by atoms with E-state index in [-0.39, 0.29) is 88.6 Å². The fourth-order valence-corrected chi connectivity index (χ4v) is 12.1. The van der Waals surface area contributed by atoms with Crippen LogP contribution in [0.15, 0.2) is 0 Å². The standard InChI is InChI=1S/6C6H15P.4ClH.2Ru/c6*1-4-7(5-2)6-3;;;;;;/h6*4-6H2,1-3H3;4*1H;;/q;;;;;;;;;;2*+2/p-4. The van der Waals surface area contributed by atoms with Gasteiger partial charge in [0.2, 0.25) is 0 Å². The number of halogens is 4. The third kappa shape index (κ3) is 75.8. The van der Waals surface area contributed by atoms with Crippen molar-refractivity contribution in [3.63, 3.8) is 0 Å². The summed E-state index contributed by atoms with van der Waals surface area (Å²) >= 11 is 0. The Labute approximate surface area is 368 Å². The molecule has 0 aliphatic heterocycles. The minimum atomic E-state index is 0. The van der Waals surface area contributed by atoms with Gasteiger partial charge in [0.15, 0.2) is 0 Å². The van der Waals surface area contributed by atoms with Crippen molar-refractivity contribution in [1.82, 2.24) is 0 Å². The molecule has 0 saturated heterocycles. The van der Waals surface area contributed by atoms with Crippen molar-refractivity contribution in [2.45, 2.75) is 125 Å². The minimum absolute atomic E-state index is 0. The van der Waals surface area contributed by atoms with Gasteiger partial charge in [0.1, 0.15) is 0 Å². The molecule has 0 saturated carbocycles. The van der Waals surface area contributed by atoms with Crippen LogP contribution in [-0.2, 0) is 39.0 Å². The zero-order valence-electron chi connectivity index (χ0n) is 35.6. The van der Waals surface area contributed by atoms with E-state index in [4.69, 9.17) is 0 Å². The molecule has 0 aromatic rings. The molecule has 0 radical (unpaired) electrons. The van der Waals surface area contributed by atoms with E-state index in [0.29, 0.717) is 47.5 Å². The summed E-state index contributed by atoms with van der Waals surface area (Å²) in [7, 11) is 2.68. The number of rotatable bonds is 18. The molecular formula is C36H90Cl4P6Ru2. The smallest absolute Gasteiger partial charge is 1.00 e. The quantitative estimate of drug-likeness (QED) is 0.147. The van der Waals surface area contributed by atoms with E-state index in [0.717, 1.165) is 0 Å². The van der Waals surface area contributed by atoms with Crippen molar-refractivity contribution in [1.29, 1.82) is 0 Å². The molecule has 0 rings (SSSR count). The Morgan fingerprint density at radius 2 is 0.208 bits per heavy atom. The van der Waals surface area contributed by atoms with Crippen molar-refractivity contribution in [3.05, 3.63) is 0 Å². The maximum Gasteiger partial charge on any atom is 2.00 e. The van der Waals surface area contributed by atoms with Gasteiger partial charge in [0.05, 0.1) is 0 Å². The molecule has 308 valence electrons. The molecule has 0 bridgehead atoms. The summed E-state index contributed by atoms with van der Waals surface area (Å²) < 4.78 is 0. The maximum absolute atomic E-state index is 2.29. The van der Waals surface area contributed by atoms with Crippen molar-refractivity contribution in [3.8, 4) is 0 Å². The summed E-state index contributed by atoms with van der Waals surface area (Å²) in [5.41, 5.74) is 0. The monoisotopic (exact) mass is 1050 g/mol. The maximum atomic E-state index is 2.29. The Bertz CT molecular complexity index is 279. The topological polar surface area (TPSA) is 0 Å². The van der Waals surface area contributed by atoms with E-state index in [1.54, 1.807) is 0 Å². The molecule has 0 aliphatic rings. The van der Waals surface area contributed by atoms with Gasteiger partial charge in [-0.2, -0.15) is 0 Å². The van der Waals surface area contributed by atoms with Crippen LogP contribution in [0, 0.1) is 0 Å². The molecule has 0 aliphatic carbocycles. The summed E-state index contributed by atoms with van der Waals surface area (Å²) in [4.78, 5) is 0.